The number of aliphatic hydroxyl groups is 1. The number of aliphatic hydroxyl groups excluding tert-OH is 1. The van der Waals surface area contributed by atoms with Gasteiger partial charge in [0.2, 0.25) is 0 Å². The minimum absolute atomic E-state index is 0.243. The first-order valence-corrected chi connectivity index (χ1v) is 10.8. The van der Waals surface area contributed by atoms with Crippen LogP contribution in [0.3, 0.4) is 0 Å². The fraction of sp³-hybridized carbons (Fsp3) is 0.200. The average molecular weight is 387 g/mol. The summed E-state index contributed by atoms with van der Waals surface area (Å²) in [7, 11) is 0. The van der Waals surface area contributed by atoms with Gasteiger partial charge in [-0.3, -0.25) is 0 Å². The van der Waals surface area contributed by atoms with Gasteiger partial charge in [-0.2, -0.15) is 0 Å². The van der Waals surface area contributed by atoms with Crippen molar-refractivity contribution in [1.82, 2.24) is 0 Å². The van der Waals surface area contributed by atoms with Crippen molar-refractivity contribution in [1.29, 1.82) is 0 Å². The van der Waals surface area contributed by atoms with Crippen LogP contribution in [0.15, 0.2) is 71.6 Å². The fourth-order valence-corrected chi connectivity index (χ4v) is 5.33. The van der Waals surface area contributed by atoms with E-state index in [1.807, 2.05) is 0 Å². The Labute approximate surface area is 148 Å². The molecule has 0 aliphatic heterocycles. The van der Waals surface area contributed by atoms with E-state index in [0.29, 0.717) is 15.0 Å². The predicted octanol–water partition coefficient (Wildman–Crippen LogP) is 4.05. The molecule has 23 heavy (non-hydrogen) atoms. The van der Waals surface area contributed by atoms with Crippen molar-refractivity contribution in [3.8, 4) is 0 Å². The monoisotopic (exact) mass is 388 g/mol. The van der Waals surface area contributed by atoms with Gasteiger partial charge in [-0.1, -0.05) is 0 Å². The molecular weight excluding hydrogens is 367 g/mol. The first kappa shape index (κ1) is 16.6. The first-order valence-electron chi connectivity index (χ1n) is 7.70. The van der Waals surface area contributed by atoms with E-state index in [9.17, 15) is 5.11 Å². The Bertz CT molecular complexity index is 770. The maximum atomic E-state index is 10.2. The molecular formula is C20H20OSSe. The predicted molar refractivity (Wildman–Crippen MR) is 102 cm³/mol. The molecule has 0 saturated heterocycles. The van der Waals surface area contributed by atoms with E-state index in [4.69, 9.17) is 0 Å². The molecule has 0 bridgehead atoms. The molecule has 0 amide bonds. The summed E-state index contributed by atoms with van der Waals surface area (Å²) in [6.45, 7) is 2.09. The number of fused-ring (bicyclic) bond motifs is 1. The van der Waals surface area contributed by atoms with Crippen LogP contribution in [0, 0.1) is 6.92 Å². The molecule has 0 radical (unpaired) electrons. The molecule has 1 N–H and O–H groups in total. The quantitative estimate of drug-likeness (QED) is 0.509. The fourth-order valence-electron chi connectivity index (χ4n) is 2.32. The summed E-state index contributed by atoms with van der Waals surface area (Å²) in [5, 5.41) is 13.7. The molecule has 0 aliphatic rings. The van der Waals surface area contributed by atoms with Crippen LogP contribution in [0.2, 0.25) is 5.32 Å². The van der Waals surface area contributed by atoms with Crippen LogP contribution in [0.5, 0.6) is 0 Å². The summed E-state index contributed by atoms with van der Waals surface area (Å²) in [5.74, 6) is 0.762. The second kappa shape index (κ2) is 8.03. The maximum absolute atomic E-state index is 10.2. The summed E-state index contributed by atoms with van der Waals surface area (Å²) in [4.78, 5) is 1.23. The van der Waals surface area contributed by atoms with E-state index in [0.717, 1.165) is 11.1 Å². The molecule has 3 aromatic rings. The third-order valence-electron chi connectivity index (χ3n) is 3.63. The van der Waals surface area contributed by atoms with Gasteiger partial charge in [-0.25, -0.2) is 0 Å². The number of hydrogen-bond donors (Lipinski definition) is 1. The molecule has 1 atom stereocenters. The minimum atomic E-state index is -0.243. The van der Waals surface area contributed by atoms with Crippen molar-refractivity contribution in [2.45, 2.75) is 23.2 Å². The van der Waals surface area contributed by atoms with Crippen LogP contribution in [-0.4, -0.2) is 31.9 Å². The van der Waals surface area contributed by atoms with Gasteiger partial charge in [0.1, 0.15) is 0 Å². The van der Waals surface area contributed by atoms with Gasteiger partial charge in [-0.15, -0.1) is 0 Å². The van der Waals surface area contributed by atoms with Gasteiger partial charge < -0.3 is 0 Å². The zero-order chi connectivity index (χ0) is 16.1. The van der Waals surface area contributed by atoms with Gasteiger partial charge in [-0.05, 0) is 0 Å². The summed E-state index contributed by atoms with van der Waals surface area (Å²) < 4.78 is 1.36. The Morgan fingerprint density at radius 1 is 0.957 bits per heavy atom. The Kier molecular flexibility index (Phi) is 5.80. The van der Waals surface area contributed by atoms with Crippen molar-refractivity contribution in [2.75, 3.05) is 5.75 Å². The SMILES string of the molecule is Cc1ccc(SCC(O)C[Se]c2ccc3ccccc3c2)cc1. The van der Waals surface area contributed by atoms with Gasteiger partial charge in [0.15, 0.2) is 0 Å². The van der Waals surface area contributed by atoms with Crippen LogP contribution in [-0.2, 0) is 0 Å². The molecule has 3 aromatic carbocycles. The van der Waals surface area contributed by atoms with Crippen molar-refractivity contribution in [3.63, 3.8) is 0 Å². The van der Waals surface area contributed by atoms with Gasteiger partial charge in [0, 0.05) is 0 Å². The first-order chi connectivity index (χ1) is 11.2. The van der Waals surface area contributed by atoms with E-state index < -0.39 is 0 Å². The number of aryl methyl sites for hydroxylation is 1. The topological polar surface area (TPSA) is 20.2 Å². The molecule has 1 nitrogen and oxygen atoms in total. The molecule has 3 heteroatoms. The second-order valence-electron chi connectivity index (χ2n) is 5.60. The zero-order valence-corrected chi connectivity index (χ0v) is 15.6. The van der Waals surface area contributed by atoms with Crippen LogP contribution in [0.25, 0.3) is 10.8 Å². The van der Waals surface area contributed by atoms with Crippen LogP contribution < -0.4 is 4.46 Å². The van der Waals surface area contributed by atoms with E-state index in [1.54, 1.807) is 11.8 Å². The Morgan fingerprint density at radius 2 is 1.70 bits per heavy atom. The van der Waals surface area contributed by atoms with Gasteiger partial charge in [0.05, 0.1) is 0 Å². The van der Waals surface area contributed by atoms with Crippen molar-refractivity contribution in [2.24, 2.45) is 0 Å². The second-order valence-corrected chi connectivity index (χ2v) is 8.99. The van der Waals surface area contributed by atoms with Crippen LogP contribution in [0.1, 0.15) is 5.56 Å². The third-order valence-corrected chi connectivity index (χ3v) is 7.17. The average Bonchev–Trinajstić information content (AvgIpc) is 2.59. The Morgan fingerprint density at radius 3 is 2.48 bits per heavy atom. The number of rotatable bonds is 6. The molecule has 0 saturated carbocycles. The standard InChI is InChI=1S/C20H20OSSe/c1-15-6-9-19(10-7-15)22-13-18(21)14-23-20-11-8-16-4-2-3-5-17(16)12-20/h2-12,18,21H,13-14H2,1H3. The summed E-state index contributed by atoms with van der Waals surface area (Å²) in [6.07, 6.45) is -0.243. The number of benzene rings is 3. The van der Waals surface area contributed by atoms with E-state index in [1.165, 1.54) is 25.7 Å². The van der Waals surface area contributed by atoms with E-state index in [-0.39, 0.29) is 6.10 Å². The number of hydrogen-bond acceptors (Lipinski definition) is 2. The molecule has 0 spiro atoms. The van der Waals surface area contributed by atoms with Gasteiger partial charge in [0.25, 0.3) is 0 Å². The zero-order valence-electron chi connectivity index (χ0n) is 13.1. The van der Waals surface area contributed by atoms with Gasteiger partial charge >= 0.3 is 148 Å². The normalized spacial score (nSPS) is 12.4. The Hall–Kier alpha value is -1.25. The van der Waals surface area contributed by atoms with Crippen molar-refractivity contribution >= 4 is 42.0 Å². The molecule has 0 heterocycles. The van der Waals surface area contributed by atoms with Crippen molar-refractivity contribution < 1.29 is 5.11 Å². The molecule has 118 valence electrons. The molecule has 0 aliphatic carbocycles. The van der Waals surface area contributed by atoms with Crippen LogP contribution >= 0.6 is 11.8 Å². The summed E-state index contributed by atoms with van der Waals surface area (Å²) in [5.41, 5.74) is 1.27. The third kappa shape index (κ3) is 4.86. The van der Waals surface area contributed by atoms with Crippen molar-refractivity contribution in [3.05, 3.63) is 72.3 Å². The summed E-state index contributed by atoms with van der Waals surface area (Å²) >= 11 is 2.05. The van der Waals surface area contributed by atoms with Crippen LogP contribution in [0.4, 0.5) is 0 Å². The Balaban J connectivity index is 1.51. The van der Waals surface area contributed by atoms with E-state index in [2.05, 4.69) is 73.7 Å². The molecule has 0 aromatic heterocycles. The molecule has 1 unspecified atom stereocenters. The molecule has 0 fully saturated rings. The number of thioether (sulfide) groups is 1. The summed E-state index contributed by atoms with van der Waals surface area (Å²) in [6, 6.07) is 23.6. The van der Waals surface area contributed by atoms with E-state index >= 15 is 0 Å². The molecule has 3 rings (SSSR count).